The van der Waals surface area contributed by atoms with E-state index in [1.165, 1.54) is 0 Å². The van der Waals surface area contributed by atoms with E-state index in [-0.39, 0.29) is 11.9 Å². The maximum absolute atomic E-state index is 11.8. The normalized spacial score (nSPS) is 11.9. The molecule has 1 atom stereocenters. The fourth-order valence-corrected chi connectivity index (χ4v) is 1.56. The van der Waals surface area contributed by atoms with E-state index in [0.717, 1.165) is 12.8 Å². The Kier molecular flexibility index (Phi) is 5.49. The molecule has 1 unspecified atom stereocenters. The lowest BCUT2D eigenvalue weighted by Gasteiger charge is -2.11. The van der Waals surface area contributed by atoms with Crippen molar-refractivity contribution >= 4 is 5.91 Å². The largest absolute Gasteiger partial charge is 0.497 e. The molecule has 0 saturated carbocycles. The van der Waals surface area contributed by atoms with E-state index in [0.29, 0.717) is 17.9 Å². The predicted octanol–water partition coefficient (Wildman–Crippen LogP) is 1.55. The molecule has 4 nitrogen and oxygen atoms in total. The molecule has 4 heteroatoms. The average Bonchev–Trinajstić information content (AvgIpc) is 2.36. The Morgan fingerprint density at radius 1 is 1.53 bits per heavy atom. The number of amides is 1. The summed E-state index contributed by atoms with van der Waals surface area (Å²) in [4.78, 5) is 11.8. The first-order valence-electron chi connectivity index (χ1n) is 5.85. The van der Waals surface area contributed by atoms with Crippen molar-refractivity contribution in [3.05, 3.63) is 29.8 Å². The van der Waals surface area contributed by atoms with Crippen molar-refractivity contribution in [3.63, 3.8) is 0 Å². The van der Waals surface area contributed by atoms with Crippen molar-refractivity contribution in [3.8, 4) is 5.75 Å². The molecule has 0 fully saturated rings. The standard InChI is InChI=1S/C13H20N2O2/c1-3-5-11(14)9-15-13(16)10-6-4-7-12(8-10)17-2/h4,6-8,11H,3,5,9,14H2,1-2H3,(H,15,16). The second-order valence-corrected chi connectivity index (χ2v) is 3.99. The second kappa shape index (κ2) is 6.91. The third kappa shape index (κ3) is 4.44. The highest BCUT2D eigenvalue weighted by Gasteiger charge is 2.08. The molecule has 0 aliphatic rings. The molecule has 0 bridgehead atoms. The van der Waals surface area contributed by atoms with Gasteiger partial charge in [0.25, 0.3) is 5.91 Å². The number of carbonyl (C=O) groups excluding carboxylic acids is 1. The minimum atomic E-state index is -0.115. The lowest BCUT2D eigenvalue weighted by molar-refractivity contribution is 0.0950. The molecule has 0 spiro atoms. The monoisotopic (exact) mass is 236 g/mol. The highest BCUT2D eigenvalue weighted by Crippen LogP contribution is 2.12. The highest BCUT2D eigenvalue weighted by molar-refractivity contribution is 5.94. The summed E-state index contributed by atoms with van der Waals surface area (Å²) in [6.45, 7) is 2.58. The predicted molar refractivity (Wildman–Crippen MR) is 68.2 cm³/mol. The summed E-state index contributed by atoms with van der Waals surface area (Å²) in [5, 5.41) is 2.82. The maximum Gasteiger partial charge on any atom is 0.251 e. The maximum atomic E-state index is 11.8. The minimum Gasteiger partial charge on any atom is -0.497 e. The third-order valence-corrected chi connectivity index (χ3v) is 2.52. The molecule has 0 aromatic heterocycles. The fraction of sp³-hybridized carbons (Fsp3) is 0.462. The Hall–Kier alpha value is -1.55. The van der Waals surface area contributed by atoms with Crippen molar-refractivity contribution < 1.29 is 9.53 Å². The van der Waals surface area contributed by atoms with Gasteiger partial charge in [0.15, 0.2) is 0 Å². The topological polar surface area (TPSA) is 64.3 Å². The lowest BCUT2D eigenvalue weighted by atomic mass is 10.1. The van der Waals surface area contributed by atoms with Gasteiger partial charge in [-0.1, -0.05) is 19.4 Å². The number of benzene rings is 1. The number of rotatable bonds is 6. The molecule has 17 heavy (non-hydrogen) atoms. The fourth-order valence-electron chi connectivity index (χ4n) is 1.56. The molecular formula is C13H20N2O2. The summed E-state index contributed by atoms with van der Waals surface area (Å²) in [5.41, 5.74) is 6.42. The molecule has 0 saturated heterocycles. The van der Waals surface area contributed by atoms with Crippen LogP contribution in [0.3, 0.4) is 0 Å². The first-order chi connectivity index (χ1) is 8.17. The summed E-state index contributed by atoms with van der Waals surface area (Å²) in [5.74, 6) is 0.561. The number of nitrogens with one attached hydrogen (secondary N) is 1. The van der Waals surface area contributed by atoms with Gasteiger partial charge >= 0.3 is 0 Å². The first kappa shape index (κ1) is 13.5. The lowest BCUT2D eigenvalue weighted by Crippen LogP contribution is -2.37. The molecular weight excluding hydrogens is 216 g/mol. The third-order valence-electron chi connectivity index (χ3n) is 2.52. The summed E-state index contributed by atoms with van der Waals surface area (Å²) >= 11 is 0. The van der Waals surface area contributed by atoms with Crippen LogP contribution in [0, 0.1) is 0 Å². The Morgan fingerprint density at radius 3 is 2.94 bits per heavy atom. The van der Waals surface area contributed by atoms with Gasteiger partial charge in [0.2, 0.25) is 0 Å². The minimum absolute atomic E-state index is 0.0227. The van der Waals surface area contributed by atoms with Gasteiger partial charge in [-0.05, 0) is 24.6 Å². The van der Waals surface area contributed by atoms with Crippen LogP contribution in [0.15, 0.2) is 24.3 Å². The van der Waals surface area contributed by atoms with Crippen LogP contribution >= 0.6 is 0 Å². The molecule has 0 aliphatic carbocycles. The molecule has 0 radical (unpaired) electrons. The van der Waals surface area contributed by atoms with E-state index >= 15 is 0 Å². The quantitative estimate of drug-likeness (QED) is 0.787. The number of hydrogen-bond donors (Lipinski definition) is 2. The van der Waals surface area contributed by atoms with E-state index in [4.69, 9.17) is 10.5 Å². The number of carbonyl (C=O) groups is 1. The number of nitrogens with two attached hydrogens (primary N) is 1. The van der Waals surface area contributed by atoms with Crippen LogP contribution in [0.1, 0.15) is 30.1 Å². The summed E-state index contributed by atoms with van der Waals surface area (Å²) in [6, 6.07) is 7.08. The first-order valence-corrected chi connectivity index (χ1v) is 5.85. The van der Waals surface area contributed by atoms with Gasteiger partial charge < -0.3 is 15.8 Å². The summed E-state index contributed by atoms with van der Waals surface area (Å²) in [7, 11) is 1.58. The molecule has 0 heterocycles. The zero-order chi connectivity index (χ0) is 12.7. The van der Waals surface area contributed by atoms with Crippen molar-refractivity contribution in [1.82, 2.24) is 5.32 Å². The number of ether oxygens (including phenoxy) is 1. The van der Waals surface area contributed by atoms with E-state index in [9.17, 15) is 4.79 Å². The smallest absolute Gasteiger partial charge is 0.251 e. The zero-order valence-electron chi connectivity index (χ0n) is 10.4. The summed E-state index contributed by atoms with van der Waals surface area (Å²) in [6.07, 6.45) is 1.94. The van der Waals surface area contributed by atoms with Gasteiger partial charge in [-0.2, -0.15) is 0 Å². The van der Waals surface area contributed by atoms with Gasteiger partial charge in [-0.3, -0.25) is 4.79 Å². The van der Waals surface area contributed by atoms with Crippen LogP contribution in [0.5, 0.6) is 5.75 Å². The van der Waals surface area contributed by atoms with E-state index in [2.05, 4.69) is 12.2 Å². The molecule has 1 aromatic carbocycles. The SMILES string of the molecule is CCCC(N)CNC(=O)c1cccc(OC)c1. The Bertz CT molecular complexity index is 366. The van der Waals surface area contributed by atoms with Crippen molar-refractivity contribution in [2.45, 2.75) is 25.8 Å². The van der Waals surface area contributed by atoms with Crippen LogP contribution in [0.2, 0.25) is 0 Å². The van der Waals surface area contributed by atoms with Crippen molar-refractivity contribution in [2.24, 2.45) is 5.73 Å². The van der Waals surface area contributed by atoms with Crippen LogP contribution < -0.4 is 15.8 Å². The Morgan fingerprint density at radius 2 is 2.29 bits per heavy atom. The van der Waals surface area contributed by atoms with E-state index in [1.807, 2.05) is 0 Å². The van der Waals surface area contributed by atoms with Gasteiger partial charge in [-0.25, -0.2) is 0 Å². The van der Waals surface area contributed by atoms with Gasteiger partial charge in [0.1, 0.15) is 5.75 Å². The molecule has 1 rings (SSSR count). The molecule has 1 amide bonds. The second-order valence-electron chi connectivity index (χ2n) is 3.99. The molecule has 1 aromatic rings. The van der Waals surface area contributed by atoms with Crippen molar-refractivity contribution in [1.29, 1.82) is 0 Å². The van der Waals surface area contributed by atoms with Crippen LogP contribution in [-0.2, 0) is 0 Å². The van der Waals surface area contributed by atoms with Crippen molar-refractivity contribution in [2.75, 3.05) is 13.7 Å². The molecule has 94 valence electrons. The highest BCUT2D eigenvalue weighted by atomic mass is 16.5. The molecule has 0 aliphatic heterocycles. The number of methoxy groups -OCH3 is 1. The molecule has 3 N–H and O–H groups in total. The van der Waals surface area contributed by atoms with Crippen LogP contribution in [-0.4, -0.2) is 25.6 Å². The Labute approximate surface area is 102 Å². The van der Waals surface area contributed by atoms with Crippen LogP contribution in [0.4, 0.5) is 0 Å². The Balaban J connectivity index is 2.51. The van der Waals surface area contributed by atoms with Gasteiger partial charge in [0.05, 0.1) is 7.11 Å². The van der Waals surface area contributed by atoms with Gasteiger partial charge in [-0.15, -0.1) is 0 Å². The van der Waals surface area contributed by atoms with E-state index in [1.54, 1.807) is 31.4 Å². The number of hydrogen-bond acceptors (Lipinski definition) is 3. The van der Waals surface area contributed by atoms with Crippen LogP contribution in [0.25, 0.3) is 0 Å². The van der Waals surface area contributed by atoms with E-state index < -0.39 is 0 Å². The average molecular weight is 236 g/mol. The van der Waals surface area contributed by atoms with Gasteiger partial charge in [0, 0.05) is 18.2 Å². The zero-order valence-corrected chi connectivity index (χ0v) is 10.4. The summed E-state index contributed by atoms with van der Waals surface area (Å²) < 4.78 is 5.06.